The van der Waals surface area contributed by atoms with Gasteiger partial charge in [-0.1, -0.05) is 48.5 Å². The van der Waals surface area contributed by atoms with E-state index >= 15 is 0 Å². The van der Waals surface area contributed by atoms with E-state index in [1.54, 1.807) is 0 Å². The van der Waals surface area contributed by atoms with Gasteiger partial charge in [0, 0.05) is 0 Å². The van der Waals surface area contributed by atoms with Crippen molar-refractivity contribution in [3.05, 3.63) is 97.1 Å². The molecule has 0 saturated heterocycles. The zero-order valence-electron chi connectivity index (χ0n) is 30.5. The van der Waals surface area contributed by atoms with Crippen molar-refractivity contribution in [3.63, 3.8) is 0 Å². The van der Waals surface area contributed by atoms with E-state index in [1.165, 1.54) is 0 Å². The third-order valence-electron chi connectivity index (χ3n) is 7.45. The molecule has 6 rings (SSSR count). The molecule has 0 spiro atoms. The normalized spacial score (nSPS) is 17.6. The maximum absolute atomic E-state index is 6.15. The number of ether oxygens (including phenoxy) is 10. The summed E-state index contributed by atoms with van der Waals surface area (Å²) >= 11 is 0. The van der Waals surface area contributed by atoms with Gasteiger partial charge in [0.15, 0.2) is 40.2 Å². The number of rotatable bonds is 0. The van der Waals surface area contributed by atoms with Crippen LogP contribution in [-0.2, 0) is 18.6 Å². The molecule has 4 aromatic rings. The Bertz CT molecular complexity index is 1510. The van der Waals surface area contributed by atoms with Crippen LogP contribution in [0.25, 0.3) is 0 Å². The fourth-order valence-electron chi connectivity index (χ4n) is 5.02. The standard InChI is InChI=1S/C20H26O6Si.C20H24O6/c1-27(2)25-16-15-24-18-8-4-3-7-17(18)22-13-11-21-12-14-23-19-9-5-6-10-20(19)26-27;1-2-6-18-17(5-1)23-13-9-21-11-15-25-19-7-3-4-8-20(19)26-16-12-22-10-14-24-18/h3-10H,11-16H2,1-2H3;1-8H,9-16H2. The molecule has 0 atom stereocenters. The minimum absolute atomic E-state index is 0.412. The lowest BCUT2D eigenvalue weighted by molar-refractivity contribution is 0.0640. The van der Waals surface area contributed by atoms with Gasteiger partial charge in [-0.3, -0.25) is 0 Å². The summed E-state index contributed by atoms with van der Waals surface area (Å²) in [6.07, 6.45) is 0. The van der Waals surface area contributed by atoms with Crippen LogP contribution in [0.1, 0.15) is 0 Å². The highest BCUT2D eigenvalue weighted by Crippen LogP contribution is 2.31. The molecule has 0 amide bonds. The largest absolute Gasteiger partial charge is 0.517 e. The fraction of sp³-hybridized carbons (Fsp3) is 0.400. The minimum Gasteiger partial charge on any atom is -0.517 e. The molecule has 0 bridgehead atoms. The summed E-state index contributed by atoms with van der Waals surface area (Å²) in [5.74, 6) is 5.57. The third-order valence-corrected chi connectivity index (χ3v) is 9.07. The van der Waals surface area contributed by atoms with Crippen LogP contribution >= 0.6 is 0 Å². The molecule has 2 aliphatic rings. The molecule has 0 saturated carbocycles. The summed E-state index contributed by atoms with van der Waals surface area (Å²) < 4.78 is 69.2. The zero-order chi connectivity index (χ0) is 36.8. The molecule has 2 aliphatic heterocycles. The van der Waals surface area contributed by atoms with E-state index in [4.69, 9.17) is 56.2 Å². The van der Waals surface area contributed by atoms with E-state index in [2.05, 4.69) is 0 Å². The first-order chi connectivity index (χ1) is 26.1. The Hall–Kier alpha value is -4.66. The van der Waals surface area contributed by atoms with Gasteiger partial charge in [0.05, 0.1) is 46.2 Å². The van der Waals surface area contributed by atoms with Crippen molar-refractivity contribution in [1.29, 1.82) is 0 Å². The summed E-state index contributed by atoms with van der Waals surface area (Å²) in [6.45, 7) is 10.3. The second-order valence-corrected chi connectivity index (χ2v) is 15.2. The van der Waals surface area contributed by atoms with Crippen LogP contribution in [0.5, 0.6) is 46.0 Å². The van der Waals surface area contributed by atoms with Crippen molar-refractivity contribution in [1.82, 2.24) is 0 Å². The van der Waals surface area contributed by atoms with E-state index in [0.29, 0.717) is 138 Å². The number of para-hydroxylation sites is 8. The number of hydrogen-bond donors (Lipinski definition) is 0. The van der Waals surface area contributed by atoms with Gasteiger partial charge in [-0.25, -0.2) is 0 Å². The predicted molar refractivity (Wildman–Crippen MR) is 201 cm³/mol. The SMILES string of the molecule is C[Si]1(C)OCCOc2ccccc2OCCOCCOc2ccccc2O1.c1ccc2c(c1)OCCOCCOc1ccccc1OCCOCCO2. The Morgan fingerprint density at radius 1 is 0.302 bits per heavy atom. The molecule has 0 N–H and O–H groups in total. The predicted octanol–water partition coefficient (Wildman–Crippen LogP) is 6.60. The average Bonchev–Trinajstić information content (AvgIpc) is 3.17. The fourth-order valence-corrected chi connectivity index (χ4v) is 6.35. The molecule has 0 aliphatic carbocycles. The molecule has 53 heavy (non-hydrogen) atoms. The minimum atomic E-state index is -2.39. The third kappa shape index (κ3) is 14.4. The van der Waals surface area contributed by atoms with Crippen LogP contribution in [0.2, 0.25) is 13.1 Å². The van der Waals surface area contributed by atoms with Crippen LogP contribution < -0.4 is 37.6 Å². The second kappa shape index (κ2) is 22.4. The van der Waals surface area contributed by atoms with Gasteiger partial charge in [0.2, 0.25) is 0 Å². The lowest BCUT2D eigenvalue weighted by Gasteiger charge is -2.25. The molecule has 2 heterocycles. The quantitative estimate of drug-likeness (QED) is 0.181. The summed E-state index contributed by atoms with van der Waals surface area (Å²) in [6, 6.07) is 30.4. The Balaban J connectivity index is 0.000000204. The molecule has 4 aromatic carbocycles. The smallest absolute Gasteiger partial charge is 0.392 e. The van der Waals surface area contributed by atoms with Crippen molar-refractivity contribution >= 4 is 8.56 Å². The highest BCUT2D eigenvalue weighted by Gasteiger charge is 2.28. The van der Waals surface area contributed by atoms with Gasteiger partial charge < -0.3 is 56.2 Å². The van der Waals surface area contributed by atoms with E-state index in [0.717, 1.165) is 0 Å². The Labute approximate surface area is 312 Å². The van der Waals surface area contributed by atoms with E-state index < -0.39 is 8.56 Å². The lowest BCUT2D eigenvalue weighted by Crippen LogP contribution is -2.39. The van der Waals surface area contributed by atoms with Gasteiger partial charge in [-0.2, -0.15) is 0 Å². The molecule has 12 nitrogen and oxygen atoms in total. The number of benzene rings is 4. The van der Waals surface area contributed by atoms with Gasteiger partial charge in [0.1, 0.15) is 52.0 Å². The van der Waals surface area contributed by atoms with Crippen molar-refractivity contribution in [2.45, 2.75) is 13.1 Å². The highest BCUT2D eigenvalue weighted by atomic mass is 28.4. The molecular formula is C40H50O12Si. The van der Waals surface area contributed by atoms with Crippen LogP contribution in [-0.4, -0.2) is 101 Å². The average molecular weight is 751 g/mol. The Kier molecular flexibility index (Phi) is 16.7. The summed E-state index contributed by atoms with van der Waals surface area (Å²) in [4.78, 5) is 0. The summed E-state index contributed by atoms with van der Waals surface area (Å²) in [5, 5.41) is 0. The molecule has 0 unspecified atom stereocenters. The topological polar surface area (TPSA) is 111 Å². The van der Waals surface area contributed by atoms with Crippen molar-refractivity contribution in [2.24, 2.45) is 0 Å². The molecule has 13 heteroatoms. The van der Waals surface area contributed by atoms with E-state index in [-0.39, 0.29) is 0 Å². The Morgan fingerprint density at radius 3 is 0.811 bits per heavy atom. The monoisotopic (exact) mass is 750 g/mol. The molecule has 0 radical (unpaired) electrons. The summed E-state index contributed by atoms with van der Waals surface area (Å²) in [7, 11) is -2.39. The van der Waals surface area contributed by atoms with Gasteiger partial charge in [-0.15, -0.1) is 0 Å². The first-order valence-electron chi connectivity index (χ1n) is 17.9. The van der Waals surface area contributed by atoms with Crippen LogP contribution in [0.15, 0.2) is 97.1 Å². The number of hydrogen-bond acceptors (Lipinski definition) is 12. The van der Waals surface area contributed by atoms with Crippen LogP contribution in [0.4, 0.5) is 0 Å². The maximum Gasteiger partial charge on any atom is 0.392 e. The second-order valence-electron chi connectivity index (χ2n) is 11.9. The van der Waals surface area contributed by atoms with Gasteiger partial charge in [-0.05, 0) is 61.6 Å². The van der Waals surface area contributed by atoms with Crippen molar-refractivity contribution in [3.8, 4) is 46.0 Å². The molecule has 286 valence electrons. The zero-order valence-corrected chi connectivity index (χ0v) is 31.5. The van der Waals surface area contributed by atoms with Gasteiger partial charge in [0.25, 0.3) is 0 Å². The van der Waals surface area contributed by atoms with Crippen LogP contribution in [0, 0.1) is 0 Å². The van der Waals surface area contributed by atoms with Gasteiger partial charge >= 0.3 is 8.56 Å². The highest BCUT2D eigenvalue weighted by molar-refractivity contribution is 6.65. The first-order valence-corrected chi connectivity index (χ1v) is 20.7. The lowest BCUT2D eigenvalue weighted by atomic mass is 10.3. The molecular weight excluding hydrogens is 701 g/mol. The first kappa shape index (κ1) is 39.5. The van der Waals surface area contributed by atoms with E-state index in [1.807, 2.05) is 110 Å². The summed E-state index contributed by atoms with van der Waals surface area (Å²) in [5.41, 5.74) is 0. The van der Waals surface area contributed by atoms with Crippen molar-refractivity contribution in [2.75, 3.05) is 92.5 Å². The molecule has 0 fully saturated rings. The maximum atomic E-state index is 6.15. The number of fused-ring (bicyclic) bond motifs is 4. The Morgan fingerprint density at radius 2 is 0.528 bits per heavy atom. The van der Waals surface area contributed by atoms with E-state index in [9.17, 15) is 0 Å². The molecule has 0 aromatic heterocycles. The van der Waals surface area contributed by atoms with Crippen LogP contribution in [0.3, 0.4) is 0 Å². The van der Waals surface area contributed by atoms with Crippen molar-refractivity contribution < 1.29 is 56.2 Å².